The number of methoxy groups -OCH3 is 1. The summed E-state index contributed by atoms with van der Waals surface area (Å²) in [5.41, 5.74) is 5.37. The number of ether oxygens (including phenoxy) is 1. The molecule has 2 aliphatic rings. The van der Waals surface area contributed by atoms with Crippen molar-refractivity contribution in [1.82, 2.24) is 5.43 Å². The number of nitrogens with zero attached hydrogens (tertiary/aromatic N) is 1. The van der Waals surface area contributed by atoms with Crippen LogP contribution in [0.25, 0.3) is 0 Å². The molecule has 2 rings (SSSR count). The fraction of sp³-hybridized carbons (Fsp3) is 0.500. The van der Waals surface area contributed by atoms with Crippen molar-refractivity contribution in [2.75, 3.05) is 7.11 Å². The molecule has 0 radical (unpaired) electrons. The van der Waals surface area contributed by atoms with Crippen LogP contribution in [0.5, 0.6) is 0 Å². The van der Waals surface area contributed by atoms with E-state index in [-0.39, 0.29) is 12.0 Å². The molecule has 0 aromatic rings. The largest absolute Gasteiger partial charge is 0.469 e. The van der Waals surface area contributed by atoms with E-state index in [4.69, 9.17) is 0 Å². The fourth-order valence-corrected chi connectivity index (χ4v) is 2.02. The Balaban J connectivity index is 1.93. The molecule has 0 aromatic carbocycles. The molecule has 16 heavy (non-hydrogen) atoms. The molecule has 0 aromatic heterocycles. The van der Waals surface area contributed by atoms with E-state index >= 15 is 0 Å². The van der Waals surface area contributed by atoms with Crippen molar-refractivity contribution in [3.63, 3.8) is 0 Å². The molecular weight excluding hydrogens is 204 g/mol. The second kappa shape index (κ2) is 4.51. The van der Waals surface area contributed by atoms with Gasteiger partial charge in [0.15, 0.2) is 0 Å². The first-order valence-electron chi connectivity index (χ1n) is 5.46. The Morgan fingerprint density at radius 1 is 1.62 bits per heavy atom. The zero-order chi connectivity index (χ0) is 11.5. The average Bonchev–Trinajstić information content (AvgIpc) is 2.67. The molecule has 0 fully saturated rings. The van der Waals surface area contributed by atoms with Gasteiger partial charge in [-0.3, -0.25) is 4.79 Å². The molecular formula is C12H16N2O2. The van der Waals surface area contributed by atoms with Crippen LogP contribution in [0.15, 0.2) is 28.9 Å². The SMILES string of the molecule is COC(=O)CCC1=C[C@@H]2NN=C(C)C2C=C1. The van der Waals surface area contributed by atoms with Crippen molar-refractivity contribution in [3.8, 4) is 0 Å². The lowest BCUT2D eigenvalue weighted by molar-refractivity contribution is -0.140. The summed E-state index contributed by atoms with van der Waals surface area (Å²) in [4.78, 5) is 11.0. The van der Waals surface area contributed by atoms with E-state index in [9.17, 15) is 4.79 Å². The lowest BCUT2D eigenvalue weighted by Crippen LogP contribution is -2.27. The van der Waals surface area contributed by atoms with Gasteiger partial charge in [-0.25, -0.2) is 0 Å². The summed E-state index contributed by atoms with van der Waals surface area (Å²) in [6.07, 6.45) is 7.54. The molecule has 86 valence electrons. The van der Waals surface area contributed by atoms with Crippen LogP contribution in [0.4, 0.5) is 0 Å². The van der Waals surface area contributed by atoms with Gasteiger partial charge in [0.05, 0.1) is 13.2 Å². The Morgan fingerprint density at radius 3 is 3.19 bits per heavy atom. The second-order valence-electron chi connectivity index (χ2n) is 4.11. The summed E-state index contributed by atoms with van der Waals surface area (Å²) in [7, 11) is 1.42. The molecule has 1 aliphatic heterocycles. The first kappa shape index (κ1) is 10.9. The van der Waals surface area contributed by atoms with Crippen molar-refractivity contribution < 1.29 is 9.53 Å². The quantitative estimate of drug-likeness (QED) is 0.731. The number of nitrogens with one attached hydrogen (secondary N) is 1. The molecule has 2 atom stereocenters. The highest BCUT2D eigenvalue weighted by Gasteiger charge is 2.27. The van der Waals surface area contributed by atoms with Gasteiger partial charge in [0, 0.05) is 18.1 Å². The molecule has 1 N–H and O–H groups in total. The molecule has 0 bridgehead atoms. The Hall–Kier alpha value is -1.58. The van der Waals surface area contributed by atoms with Crippen LogP contribution in [-0.4, -0.2) is 24.8 Å². The first-order valence-corrected chi connectivity index (χ1v) is 5.46. The van der Waals surface area contributed by atoms with E-state index in [1.54, 1.807) is 0 Å². The maximum atomic E-state index is 11.0. The maximum Gasteiger partial charge on any atom is 0.305 e. The van der Waals surface area contributed by atoms with Crippen molar-refractivity contribution in [1.29, 1.82) is 0 Å². The van der Waals surface area contributed by atoms with Gasteiger partial charge in [-0.1, -0.05) is 18.2 Å². The van der Waals surface area contributed by atoms with Crippen LogP contribution in [0.3, 0.4) is 0 Å². The summed E-state index contributed by atoms with van der Waals surface area (Å²) < 4.78 is 4.62. The van der Waals surface area contributed by atoms with Crippen LogP contribution in [0.1, 0.15) is 19.8 Å². The third-order valence-corrected chi connectivity index (χ3v) is 3.02. The van der Waals surface area contributed by atoms with Crippen molar-refractivity contribution in [3.05, 3.63) is 23.8 Å². The highest BCUT2D eigenvalue weighted by atomic mass is 16.5. The lowest BCUT2D eigenvalue weighted by atomic mass is 9.89. The van der Waals surface area contributed by atoms with E-state index in [2.05, 4.69) is 33.5 Å². The summed E-state index contributed by atoms with van der Waals surface area (Å²) in [6.45, 7) is 2.02. The first-order chi connectivity index (χ1) is 7.70. The van der Waals surface area contributed by atoms with Crippen LogP contribution in [0, 0.1) is 5.92 Å². The van der Waals surface area contributed by atoms with Gasteiger partial charge in [-0.2, -0.15) is 5.10 Å². The lowest BCUT2D eigenvalue weighted by Gasteiger charge is -2.18. The maximum absolute atomic E-state index is 11.0. The number of hydrazone groups is 1. The van der Waals surface area contributed by atoms with Crippen molar-refractivity contribution >= 4 is 11.7 Å². The molecule has 4 heteroatoms. The van der Waals surface area contributed by atoms with E-state index in [0.717, 1.165) is 12.1 Å². The standard InChI is InChI=1S/C12H16N2O2/c1-8-10-5-3-9(4-6-12(15)16-2)7-11(10)14-13-8/h3,5,7,10-11,14H,4,6H2,1-2H3/t10?,11-/m0/s1. The zero-order valence-corrected chi connectivity index (χ0v) is 9.56. The highest BCUT2D eigenvalue weighted by Crippen LogP contribution is 2.24. The Kier molecular flexibility index (Phi) is 3.08. The molecule has 4 nitrogen and oxygen atoms in total. The summed E-state index contributed by atoms with van der Waals surface area (Å²) >= 11 is 0. The van der Waals surface area contributed by atoms with Crippen molar-refractivity contribution in [2.45, 2.75) is 25.8 Å². The van der Waals surface area contributed by atoms with E-state index < -0.39 is 0 Å². The Labute approximate surface area is 95.1 Å². The van der Waals surface area contributed by atoms with E-state index in [1.165, 1.54) is 12.7 Å². The molecule has 0 amide bonds. The summed E-state index contributed by atoms with van der Waals surface area (Å²) in [5, 5.41) is 4.21. The topological polar surface area (TPSA) is 50.7 Å². The number of hydrogen-bond acceptors (Lipinski definition) is 4. The fourth-order valence-electron chi connectivity index (χ4n) is 2.02. The summed E-state index contributed by atoms with van der Waals surface area (Å²) in [5.74, 6) is 0.213. The summed E-state index contributed by atoms with van der Waals surface area (Å²) in [6, 6.07) is 0.262. The van der Waals surface area contributed by atoms with Crippen LogP contribution in [0.2, 0.25) is 0 Å². The van der Waals surface area contributed by atoms with Gasteiger partial charge in [-0.05, 0) is 18.9 Å². The van der Waals surface area contributed by atoms with Gasteiger partial charge >= 0.3 is 5.97 Å². The predicted molar refractivity (Wildman–Crippen MR) is 62.0 cm³/mol. The predicted octanol–water partition coefficient (Wildman–Crippen LogP) is 1.40. The Morgan fingerprint density at radius 2 is 2.44 bits per heavy atom. The second-order valence-corrected chi connectivity index (χ2v) is 4.11. The number of carbonyl (C=O) groups excluding carboxylic acids is 1. The molecule has 0 saturated heterocycles. The number of rotatable bonds is 3. The minimum absolute atomic E-state index is 0.164. The van der Waals surface area contributed by atoms with Gasteiger partial charge in [0.25, 0.3) is 0 Å². The minimum atomic E-state index is -0.164. The average molecular weight is 220 g/mol. The molecule has 1 aliphatic carbocycles. The molecule has 0 spiro atoms. The molecule has 1 heterocycles. The molecule has 1 unspecified atom stereocenters. The Bertz CT molecular complexity index is 382. The third kappa shape index (κ3) is 2.15. The smallest absolute Gasteiger partial charge is 0.305 e. The van der Waals surface area contributed by atoms with Crippen LogP contribution >= 0.6 is 0 Å². The number of esters is 1. The monoisotopic (exact) mass is 220 g/mol. The number of carbonyl (C=O) groups is 1. The normalized spacial score (nSPS) is 26.6. The van der Waals surface area contributed by atoms with Crippen LogP contribution < -0.4 is 5.43 Å². The third-order valence-electron chi connectivity index (χ3n) is 3.02. The zero-order valence-electron chi connectivity index (χ0n) is 9.56. The van der Waals surface area contributed by atoms with Gasteiger partial charge in [0.2, 0.25) is 0 Å². The van der Waals surface area contributed by atoms with Gasteiger partial charge in [0.1, 0.15) is 0 Å². The minimum Gasteiger partial charge on any atom is -0.469 e. The highest BCUT2D eigenvalue weighted by molar-refractivity contribution is 5.88. The molecule has 0 saturated carbocycles. The van der Waals surface area contributed by atoms with Gasteiger partial charge < -0.3 is 10.2 Å². The van der Waals surface area contributed by atoms with Crippen molar-refractivity contribution in [2.24, 2.45) is 11.0 Å². The number of allylic oxidation sites excluding steroid dienone is 2. The van der Waals surface area contributed by atoms with Crippen LogP contribution in [-0.2, 0) is 9.53 Å². The number of fused-ring (bicyclic) bond motifs is 1. The van der Waals surface area contributed by atoms with E-state index in [0.29, 0.717) is 12.3 Å². The number of hydrogen-bond donors (Lipinski definition) is 1. The van der Waals surface area contributed by atoms with E-state index in [1.807, 2.05) is 6.92 Å². The van der Waals surface area contributed by atoms with Gasteiger partial charge in [-0.15, -0.1) is 0 Å².